The SMILES string of the molecule is CC(C)=C(C)C(=O)N1CCC[C@H](C(C)C)C1. The molecule has 2 nitrogen and oxygen atoms in total. The molecule has 0 aliphatic carbocycles. The summed E-state index contributed by atoms with van der Waals surface area (Å²) >= 11 is 0. The van der Waals surface area contributed by atoms with Crippen LogP contribution >= 0.6 is 0 Å². The monoisotopic (exact) mass is 223 g/mol. The van der Waals surface area contributed by atoms with Crippen molar-refractivity contribution in [1.29, 1.82) is 0 Å². The molecule has 0 aromatic heterocycles. The number of likely N-dealkylation sites (tertiary alicyclic amines) is 1. The molecule has 0 N–H and O–H groups in total. The van der Waals surface area contributed by atoms with Crippen LogP contribution in [0.2, 0.25) is 0 Å². The standard InChI is InChI=1S/C14H25NO/c1-10(2)12(5)14(16)15-8-6-7-13(9-15)11(3)4/h11,13H,6-9H2,1-5H3/t13-/m0/s1. The first-order valence-corrected chi connectivity index (χ1v) is 6.36. The van der Waals surface area contributed by atoms with E-state index in [1.165, 1.54) is 6.42 Å². The van der Waals surface area contributed by atoms with Crippen LogP contribution in [-0.4, -0.2) is 23.9 Å². The summed E-state index contributed by atoms with van der Waals surface area (Å²) in [7, 11) is 0. The van der Waals surface area contributed by atoms with Crippen LogP contribution < -0.4 is 0 Å². The number of allylic oxidation sites excluding steroid dienone is 1. The Morgan fingerprint density at radius 1 is 1.25 bits per heavy atom. The van der Waals surface area contributed by atoms with E-state index in [9.17, 15) is 4.79 Å². The molecular formula is C14H25NO. The van der Waals surface area contributed by atoms with Gasteiger partial charge in [0.2, 0.25) is 5.91 Å². The van der Waals surface area contributed by atoms with Gasteiger partial charge in [-0.2, -0.15) is 0 Å². The first-order valence-electron chi connectivity index (χ1n) is 6.36. The molecule has 0 unspecified atom stereocenters. The van der Waals surface area contributed by atoms with Gasteiger partial charge in [-0.15, -0.1) is 0 Å². The molecule has 92 valence electrons. The molecule has 1 saturated heterocycles. The van der Waals surface area contributed by atoms with Gasteiger partial charge in [-0.05, 0) is 45.4 Å². The molecule has 0 saturated carbocycles. The van der Waals surface area contributed by atoms with E-state index in [0.29, 0.717) is 11.8 Å². The number of carbonyl (C=O) groups is 1. The maximum absolute atomic E-state index is 12.2. The van der Waals surface area contributed by atoms with Gasteiger partial charge in [0.25, 0.3) is 0 Å². The van der Waals surface area contributed by atoms with E-state index in [-0.39, 0.29) is 5.91 Å². The van der Waals surface area contributed by atoms with Crippen LogP contribution in [0.3, 0.4) is 0 Å². The van der Waals surface area contributed by atoms with Gasteiger partial charge in [0.15, 0.2) is 0 Å². The molecule has 0 radical (unpaired) electrons. The fourth-order valence-corrected chi connectivity index (χ4v) is 2.19. The summed E-state index contributed by atoms with van der Waals surface area (Å²) in [4.78, 5) is 14.2. The largest absolute Gasteiger partial charge is 0.339 e. The third-order valence-electron chi connectivity index (χ3n) is 3.76. The second-order valence-corrected chi connectivity index (χ2v) is 5.52. The lowest BCUT2D eigenvalue weighted by Crippen LogP contribution is -2.41. The number of nitrogens with zero attached hydrogens (tertiary/aromatic N) is 1. The highest BCUT2D eigenvalue weighted by atomic mass is 16.2. The van der Waals surface area contributed by atoms with Crippen molar-refractivity contribution < 1.29 is 4.79 Å². The van der Waals surface area contributed by atoms with Crippen molar-refractivity contribution in [2.75, 3.05) is 13.1 Å². The van der Waals surface area contributed by atoms with Gasteiger partial charge >= 0.3 is 0 Å². The predicted octanol–water partition coefficient (Wildman–Crippen LogP) is 3.24. The molecule has 0 spiro atoms. The molecule has 16 heavy (non-hydrogen) atoms. The lowest BCUT2D eigenvalue weighted by molar-refractivity contribution is -0.129. The van der Waals surface area contributed by atoms with E-state index >= 15 is 0 Å². The molecular weight excluding hydrogens is 198 g/mol. The number of hydrogen-bond donors (Lipinski definition) is 0. The fourth-order valence-electron chi connectivity index (χ4n) is 2.19. The molecule has 2 heteroatoms. The number of hydrogen-bond acceptors (Lipinski definition) is 1. The topological polar surface area (TPSA) is 20.3 Å². The van der Waals surface area contributed by atoms with Crippen molar-refractivity contribution in [2.24, 2.45) is 11.8 Å². The highest BCUT2D eigenvalue weighted by Crippen LogP contribution is 2.24. The van der Waals surface area contributed by atoms with Crippen molar-refractivity contribution in [3.63, 3.8) is 0 Å². The third-order valence-corrected chi connectivity index (χ3v) is 3.76. The second kappa shape index (κ2) is 5.51. The van der Waals surface area contributed by atoms with E-state index < -0.39 is 0 Å². The Kier molecular flexibility index (Phi) is 4.57. The van der Waals surface area contributed by atoms with Crippen LogP contribution in [0.1, 0.15) is 47.5 Å². The number of rotatable bonds is 2. The van der Waals surface area contributed by atoms with Gasteiger partial charge < -0.3 is 4.90 Å². The zero-order valence-corrected chi connectivity index (χ0v) is 11.3. The Morgan fingerprint density at radius 2 is 1.88 bits per heavy atom. The molecule has 1 aliphatic rings. The molecule has 1 heterocycles. The Morgan fingerprint density at radius 3 is 2.38 bits per heavy atom. The lowest BCUT2D eigenvalue weighted by atomic mass is 9.87. The quantitative estimate of drug-likeness (QED) is 0.658. The van der Waals surface area contributed by atoms with Crippen molar-refractivity contribution in [2.45, 2.75) is 47.5 Å². The Balaban J connectivity index is 2.68. The van der Waals surface area contributed by atoms with Crippen LogP contribution in [-0.2, 0) is 4.79 Å². The summed E-state index contributed by atoms with van der Waals surface area (Å²) in [6.07, 6.45) is 2.43. The number of piperidine rings is 1. The van der Waals surface area contributed by atoms with Crippen molar-refractivity contribution in [1.82, 2.24) is 4.90 Å². The first-order chi connectivity index (χ1) is 7.43. The van der Waals surface area contributed by atoms with Crippen molar-refractivity contribution in [3.8, 4) is 0 Å². The summed E-state index contributed by atoms with van der Waals surface area (Å²) in [5.41, 5.74) is 2.06. The highest BCUT2D eigenvalue weighted by Gasteiger charge is 2.26. The molecule has 1 fully saturated rings. The Labute approximate surface area is 99.7 Å². The number of carbonyl (C=O) groups excluding carboxylic acids is 1. The molecule has 1 atom stereocenters. The van der Waals surface area contributed by atoms with Crippen LogP contribution in [0.4, 0.5) is 0 Å². The smallest absolute Gasteiger partial charge is 0.249 e. The zero-order valence-electron chi connectivity index (χ0n) is 11.3. The Hall–Kier alpha value is -0.790. The minimum atomic E-state index is 0.241. The summed E-state index contributed by atoms with van der Waals surface area (Å²) in [5, 5.41) is 0. The van der Waals surface area contributed by atoms with Gasteiger partial charge in [-0.25, -0.2) is 0 Å². The first kappa shape index (κ1) is 13.3. The maximum Gasteiger partial charge on any atom is 0.249 e. The summed E-state index contributed by atoms with van der Waals surface area (Å²) < 4.78 is 0. The van der Waals surface area contributed by atoms with Crippen LogP contribution in [0.25, 0.3) is 0 Å². The van der Waals surface area contributed by atoms with Crippen LogP contribution in [0.15, 0.2) is 11.1 Å². The summed E-state index contributed by atoms with van der Waals surface area (Å²) in [6.45, 7) is 12.4. The van der Waals surface area contributed by atoms with Crippen LogP contribution in [0.5, 0.6) is 0 Å². The minimum Gasteiger partial charge on any atom is -0.339 e. The summed E-state index contributed by atoms with van der Waals surface area (Å²) in [5.74, 6) is 1.61. The average Bonchev–Trinajstić information content (AvgIpc) is 2.27. The van der Waals surface area contributed by atoms with Gasteiger partial charge in [0.05, 0.1) is 0 Å². The minimum absolute atomic E-state index is 0.241. The normalized spacial score (nSPS) is 21.1. The average molecular weight is 223 g/mol. The van der Waals surface area contributed by atoms with Crippen molar-refractivity contribution >= 4 is 5.91 Å². The van der Waals surface area contributed by atoms with E-state index in [2.05, 4.69) is 13.8 Å². The zero-order chi connectivity index (χ0) is 12.3. The number of amides is 1. The molecule has 0 bridgehead atoms. The molecule has 1 aliphatic heterocycles. The van der Waals surface area contributed by atoms with Gasteiger partial charge in [0.1, 0.15) is 0 Å². The van der Waals surface area contributed by atoms with E-state index in [4.69, 9.17) is 0 Å². The van der Waals surface area contributed by atoms with Gasteiger partial charge in [-0.3, -0.25) is 4.79 Å². The van der Waals surface area contributed by atoms with Gasteiger partial charge in [0, 0.05) is 18.7 Å². The third kappa shape index (κ3) is 3.10. The van der Waals surface area contributed by atoms with Crippen molar-refractivity contribution in [3.05, 3.63) is 11.1 Å². The lowest BCUT2D eigenvalue weighted by Gasteiger charge is -2.35. The Bertz CT molecular complexity index is 287. The molecule has 0 aromatic rings. The molecule has 1 rings (SSSR count). The fraction of sp³-hybridized carbons (Fsp3) is 0.786. The van der Waals surface area contributed by atoms with Gasteiger partial charge in [-0.1, -0.05) is 19.4 Å². The van der Waals surface area contributed by atoms with E-state index in [1.807, 2.05) is 25.7 Å². The molecule has 1 amide bonds. The van der Waals surface area contributed by atoms with E-state index in [0.717, 1.165) is 30.7 Å². The van der Waals surface area contributed by atoms with E-state index in [1.54, 1.807) is 0 Å². The second-order valence-electron chi connectivity index (χ2n) is 5.52. The maximum atomic E-state index is 12.2. The summed E-state index contributed by atoms with van der Waals surface area (Å²) in [6, 6.07) is 0. The van der Waals surface area contributed by atoms with Crippen LogP contribution in [0, 0.1) is 11.8 Å². The highest BCUT2D eigenvalue weighted by molar-refractivity contribution is 5.93. The predicted molar refractivity (Wildman–Crippen MR) is 68.2 cm³/mol. The molecule has 0 aromatic carbocycles.